The summed E-state index contributed by atoms with van der Waals surface area (Å²) in [7, 11) is 0. The minimum absolute atomic E-state index is 0.0514. The first-order valence-electron chi connectivity index (χ1n) is 8.90. The fourth-order valence-corrected chi connectivity index (χ4v) is 3.77. The summed E-state index contributed by atoms with van der Waals surface area (Å²) in [4.78, 5) is 40.7. The lowest BCUT2D eigenvalue weighted by molar-refractivity contribution is -0.138. The molecule has 3 amide bonds. The first-order valence-corrected chi connectivity index (χ1v) is 8.90. The zero-order valence-electron chi connectivity index (χ0n) is 14.7. The van der Waals surface area contributed by atoms with Crippen LogP contribution in [0, 0.1) is 0 Å². The second-order valence-corrected chi connectivity index (χ2v) is 6.84. The monoisotopic (exact) mass is 372 g/mol. The SMILES string of the molecule is O=C(O)N1CCN(C2CCN(C(=O)c3ccc4n[nH]nc4c3)CC2)C(=O)C1. The smallest absolute Gasteiger partial charge is 0.407 e. The summed E-state index contributed by atoms with van der Waals surface area (Å²) in [6.07, 6.45) is 0.320. The molecule has 0 saturated carbocycles. The molecule has 0 aliphatic carbocycles. The number of piperazine rings is 1. The van der Waals surface area contributed by atoms with Crippen molar-refractivity contribution >= 4 is 28.9 Å². The number of hydrogen-bond acceptors (Lipinski definition) is 5. The van der Waals surface area contributed by atoms with Crippen LogP contribution in [0.3, 0.4) is 0 Å². The zero-order valence-corrected chi connectivity index (χ0v) is 14.7. The van der Waals surface area contributed by atoms with Crippen molar-refractivity contribution in [2.24, 2.45) is 0 Å². The third kappa shape index (κ3) is 3.29. The van der Waals surface area contributed by atoms with Gasteiger partial charge in [0, 0.05) is 37.8 Å². The molecule has 2 fully saturated rings. The van der Waals surface area contributed by atoms with E-state index in [0.29, 0.717) is 55.6 Å². The van der Waals surface area contributed by atoms with Crippen molar-refractivity contribution < 1.29 is 19.5 Å². The molecular formula is C17H20N6O4. The molecule has 10 heteroatoms. The van der Waals surface area contributed by atoms with E-state index < -0.39 is 6.09 Å². The Morgan fingerprint density at radius 1 is 1.04 bits per heavy atom. The Morgan fingerprint density at radius 3 is 2.48 bits per heavy atom. The van der Waals surface area contributed by atoms with Gasteiger partial charge in [-0.3, -0.25) is 14.5 Å². The average Bonchev–Trinajstić information content (AvgIpc) is 3.15. The molecule has 2 aliphatic heterocycles. The van der Waals surface area contributed by atoms with Crippen molar-refractivity contribution in [3.05, 3.63) is 23.8 Å². The van der Waals surface area contributed by atoms with Crippen LogP contribution in [0.25, 0.3) is 11.0 Å². The van der Waals surface area contributed by atoms with E-state index in [1.807, 2.05) is 0 Å². The number of nitrogens with one attached hydrogen (secondary N) is 1. The fourth-order valence-electron chi connectivity index (χ4n) is 3.77. The number of nitrogens with zero attached hydrogens (tertiary/aromatic N) is 5. The van der Waals surface area contributed by atoms with Gasteiger partial charge in [0.15, 0.2) is 0 Å². The number of benzene rings is 1. The standard InChI is InChI=1S/C17H20N6O4/c24-15-10-22(17(26)27)7-8-23(15)12-3-5-21(6-4-12)16(25)11-1-2-13-14(9-11)19-20-18-13/h1-2,9,12H,3-8,10H2,(H,26,27)(H,18,19,20). The number of carbonyl (C=O) groups excluding carboxylic acids is 2. The van der Waals surface area contributed by atoms with E-state index in [0.717, 1.165) is 4.90 Å². The number of piperidine rings is 1. The van der Waals surface area contributed by atoms with Crippen LogP contribution in [0.4, 0.5) is 4.79 Å². The van der Waals surface area contributed by atoms with Crippen molar-refractivity contribution in [1.29, 1.82) is 0 Å². The number of aromatic amines is 1. The van der Waals surface area contributed by atoms with Crippen LogP contribution >= 0.6 is 0 Å². The third-order valence-corrected chi connectivity index (χ3v) is 5.28. The molecule has 2 aromatic rings. The quantitative estimate of drug-likeness (QED) is 0.786. The van der Waals surface area contributed by atoms with Crippen LogP contribution in [-0.2, 0) is 4.79 Å². The second kappa shape index (κ2) is 6.86. The van der Waals surface area contributed by atoms with Gasteiger partial charge < -0.3 is 14.9 Å². The summed E-state index contributed by atoms with van der Waals surface area (Å²) in [5.74, 6) is -0.217. The summed E-state index contributed by atoms with van der Waals surface area (Å²) >= 11 is 0. The van der Waals surface area contributed by atoms with Crippen LogP contribution in [0.15, 0.2) is 18.2 Å². The van der Waals surface area contributed by atoms with Gasteiger partial charge in [0.05, 0.1) is 0 Å². The van der Waals surface area contributed by atoms with Crippen LogP contribution in [-0.4, -0.2) is 91.9 Å². The van der Waals surface area contributed by atoms with Gasteiger partial charge in [-0.1, -0.05) is 0 Å². The van der Waals surface area contributed by atoms with Gasteiger partial charge >= 0.3 is 6.09 Å². The zero-order chi connectivity index (χ0) is 19.0. The number of fused-ring (bicyclic) bond motifs is 1. The van der Waals surface area contributed by atoms with Gasteiger partial charge in [-0.25, -0.2) is 4.79 Å². The normalized spacial score (nSPS) is 19.0. The molecule has 142 valence electrons. The topological polar surface area (TPSA) is 123 Å². The summed E-state index contributed by atoms with van der Waals surface area (Å²) in [5.41, 5.74) is 1.93. The molecule has 4 rings (SSSR count). The fraction of sp³-hybridized carbons (Fsp3) is 0.471. The number of hydrogen-bond donors (Lipinski definition) is 2. The predicted octanol–water partition coefficient (Wildman–Crippen LogP) is 0.385. The van der Waals surface area contributed by atoms with E-state index in [2.05, 4.69) is 15.4 Å². The molecule has 0 bridgehead atoms. The molecule has 0 radical (unpaired) electrons. The Balaban J connectivity index is 1.36. The van der Waals surface area contributed by atoms with Gasteiger partial charge in [-0.15, -0.1) is 0 Å². The molecule has 10 nitrogen and oxygen atoms in total. The number of carbonyl (C=O) groups is 3. The van der Waals surface area contributed by atoms with E-state index in [4.69, 9.17) is 5.11 Å². The number of likely N-dealkylation sites (tertiary alicyclic amines) is 1. The minimum atomic E-state index is -1.06. The van der Waals surface area contributed by atoms with Gasteiger partial charge in [-0.2, -0.15) is 15.4 Å². The minimum Gasteiger partial charge on any atom is -0.465 e. The molecule has 0 spiro atoms. The molecule has 2 saturated heterocycles. The molecular weight excluding hydrogens is 352 g/mol. The van der Waals surface area contributed by atoms with Crippen molar-refractivity contribution in [1.82, 2.24) is 30.1 Å². The lowest BCUT2D eigenvalue weighted by Crippen LogP contribution is -2.57. The predicted molar refractivity (Wildman–Crippen MR) is 94.1 cm³/mol. The van der Waals surface area contributed by atoms with Crippen LogP contribution in [0.2, 0.25) is 0 Å². The Kier molecular flexibility index (Phi) is 4.38. The first kappa shape index (κ1) is 17.3. The van der Waals surface area contributed by atoms with Gasteiger partial charge in [0.25, 0.3) is 5.91 Å². The lowest BCUT2D eigenvalue weighted by Gasteiger charge is -2.42. The van der Waals surface area contributed by atoms with Gasteiger partial charge in [0.2, 0.25) is 5.91 Å². The van der Waals surface area contributed by atoms with E-state index in [1.54, 1.807) is 28.0 Å². The molecule has 0 unspecified atom stereocenters. The highest BCUT2D eigenvalue weighted by Gasteiger charge is 2.34. The summed E-state index contributed by atoms with van der Waals surface area (Å²) in [6, 6.07) is 5.28. The highest BCUT2D eigenvalue weighted by atomic mass is 16.4. The Bertz CT molecular complexity index is 888. The third-order valence-electron chi connectivity index (χ3n) is 5.28. The van der Waals surface area contributed by atoms with Crippen molar-refractivity contribution in [3.63, 3.8) is 0 Å². The summed E-state index contributed by atoms with van der Waals surface area (Å²) in [6.45, 7) is 1.77. The van der Waals surface area contributed by atoms with E-state index in [9.17, 15) is 14.4 Å². The molecule has 1 aromatic carbocycles. The van der Waals surface area contributed by atoms with Gasteiger partial charge in [-0.05, 0) is 31.0 Å². The molecule has 2 N–H and O–H groups in total. The molecule has 3 heterocycles. The second-order valence-electron chi connectivity index (χ2n) is 6.84. The summed E-state index contributed by atoms with van der Waals surface area (Å²) < 4.78 is 0. The molecule has 0 atom stereocenters. The maximum atomic E-state index is 12.7. The first-order chi connectivity index (χ1) is 13.0. The number of rotatable bonds is 2. The number of H-pyrrole nitrogens is 1. The Hall–Kier alpha value is -3.17. The number of amides is 3. The average molecular weight is 372 g/mol. The van der Waals surface area contributed by atoms with Crippen LogP contribution in [0.1, 0.15) is 23.2 Å². The maximum Gasteiger partial charge on any atom is 0.407 e. The Morgan fingerprint density at radius 2 is 1.78 bits per heavy atom. The van der Waals surface area contributed by atoms with Crippen molar-refractivity contribution in [2.45, 2.75) is 18.9 Å². The van der Waals surface area contributed by atoms with E-state index in [1.165, 1.54) is 0 Å². The largest absolute Gasteiger partial charge is 0.465 e. The van der Waals surface area contributed by atoms with Crippen LogP contribution in [0.5, 0.6) is 0 Å². The van der Waals surface area contributed by atoms with Gasteiger partial charge in [0.1, 0.15) is 17.6 Å². The maximum absolute atomic E-state index is 12.7. The van der Waals surface area contributed by atoms with E-state index >= 15 is 0 Å². The lowest BCUT2D eigenvalue weighted by atomic mass is 10.0. The number of carboxylic acid groups (broad SMARTS) is 1. The molecule has 2 aliphatic rings. The highest BCUT2D eigenvalue weighted by Crippen LogP contribution is 2.21. The van der Waals surface area contributed by atoms with Crippen molar-refractivity contribution in [3.8, 4) is 0 Å². The molecule has 1 aromatic heterocycles. The molecule has 27 heavy (non-hydrogen) atoms. The van der Waals surface area contributed by atoms with Crippen LogP contribution < -0.4 is 0 Å². The number of aromatic nitrogens is 3. The van der Waals surface area contributed by atoms with Crippen molar-refractivity contribution in [2.75, 3.05) is 32.7 Å². The van der Waals surface area contributed by atoms with E-state index in [-0.39, 0.29) is 24.4 Å². The highest BCUT2D eigenvalue weighted by molar-refractivity contribution is 5.97. The summed E-state index contributed by atoms with van der Waals surface area (Å²) in [5, 5.41) is 19.5. The Labute approximate surface area is 154 Å².